The summed E-state index contributed by atoms with van der Waals surface area (Å²) >= 11 is 0. The number of carbonyl (C=O) groups excluding carboxylic acids is 1. The molecule has 0 fully saturated rings. The quantitative estimate of drug-likeness (QED) is 0.133. The first kappa shape index (κ1) is 38.5. The predicted octanol–water partition coefficient (Wildman–Crippen LogP) is 9.80. The van der Waals surface area contributed by atoms with Crippen molar-refractivity contribution in [2.75, 3.05) is 46.1 Å². The Morgan fingerprint density at radius 2 is 1.04 bits per heavy atom. The number of benzene rings is 2. The summed E-state index contributed by atoms with van der Waals surface area (Å²) in [5, 5.41) is 0. The largest absolute Gasteiger partial charge is 0.490 e. The number of hydrogen-bond acceptors (Lipinski definition) is 6. The van der Waals surface area contributed by atoms with Gasteiger partial charge < -0.3 is 28.6 Å². The molecule has 1 heterocycles. The first-order chi connectivity index (χ1) is 23.1. The molecule has 47 heavy (non-hydrogen) atoms. The average Bonchev–Trinajstić information content (AvgIpc) is 3.09. The molecule has 0 N–H and O–H groups in total. The molecule has 0 spiro atoms. The molecule has 3 rings (SSSR count). The molecule has 1 aliphatic heterocycles. The Morgan fingerprint density at radius 3 is 1.53 bits per heavy atom. The lowest BCUT2D eigenvalue weighted by Gasteiger charge is -2.35. The molecule has 0 saturated heterocycles. The number of rotatable bonds is 20. The van der Waals surface area contributed by atoms with Crippen LogP contribution in [0.4, 0.5) is 0 Å². The summed E-state index contributed by atoms with van der Waals surface area (Å²) in [5.74, 6) is 2.77. The Balaban J connectivity index is 1.84. The molecular weight excluding hydrogens is 590 g/mol. The monoisotopic (exact) mass is 653 g/mol. The van der Waals surface area contributed by atoms with Gasteiger partial charge >= 0.3 is 0 Å². The van der Waals surface area contributed by atoms with Crippen LogP contribution in [0.1, 0.15) is 124 Å². The van der Waals surface area contributed by atoms with E-state index >= 15 is 0 Å². The number of hydrogen-bond donors (Lipinski definition) is 0. The second-order valence-corrected chi connectivity index (χ2v) is 13.0. The number of ether oxygens (including phenoxy) is 5. The zero-order chi connectivity index (χ0) is 33.4. The van der Waals surface area contributed by atoms with Gasteiger partial charge in [0.25, 0.3) is 0 Å². The van der Waals surface area contributed by atoms with Gasteiger partial charge in [0.05, 0.1) is 13.2 Å². The Morgan fingerprint density at radius 1 is 0.617 bits per heavy atom. The van der Waals surface area contributed by atoms with Gasteiger partial charge in [-0.05, 0) is 43.5 Å². The molecule has 2 aromatic carbocycles. The first-order valence-corrected chi connectivity index (χ1v) is 18.7. The van der Waals surface area contributed by atoms with Crippen molar-refractivity contribution in [2.45, 2.75) is 129 Å². The van der Waals surface area contributed by atoms with Crippen LogP contribution in [0, 0.1) is 0 Å². The highest BCUT2D eigenvalue weighted by Gasteiger charge is 2.35. The molecule has 0 atom stereocenters. The van der Waals surface area contributed by atoms with Gasteiger partial charge in [-0.3, -0.25) is 4.79 Å². The van der Waals surface area contributed by atoms with Gasteiger partial charge in [0.1, 0.15) is 25.4 Å². The lowest BCUT2D eigenvalue weighted by Crippen LogP contribution is -2.48. The van der Waals surface area contributed by atoms with E-state index in [1.54, 1.807) is 0 Å². The SMILES string of the molecule is CCCCCCCCCCC1(OCC(=O)N(CCCCC)CCCCC)COc2ccccc2OCCCOc2ccccc2OC1. The molecule has 264 valence electrons. The Hall–Kier alpha value is -2.93. The summed E-state index contributed by atoms with van der Waals surface area (Å²) in [6.07, 6.45) is 17.6. The number of fused-ring (bicyclic) bond motifs is 2. The normalized spacial score (nSPS) is 14.7. The fourth-order valence-electron chi connectivity index (χ4n) is 5.91. The summed E-state index contributed by atoms with van der Waals surface area (Å²) in [4.78, 5) is 15.8. The van der Waals surface area contributed by atoms with Crippen molar-refractivity contribution >= 4 is 5.91 Å². The molecule has 0 unspecified atom stereocenters. The van der Waals surface area contributed by atoms with Crippen molar-refractivity contribution in [1.29, 1.82) is 0 Å². The Kier molecular flexibility index (Phi) is 19.2. The number of amides is 1. The van der Waals surface area contributed by atoms with Gasteiger partial charge in [-0.15, -0.1) is 0 Å². The van der Waals surface area contributed by atoms with Crippen molar-refractivity contribution in [3.8, 4) is 23.0 Å². The van der Waals surface area contributed by atoms with E-state index in [1.807, 2.05) is 53.4 Å². The summed E-state index contributed by atoms with van der Waals surface area (Å²) in [6, 6.07) is 15.6. The minimum absolute atomic E-state index is 0.00170. The van der Waals surface area contributed by atoms with E-state index in [-0.39, 0.29) is 25.7 Å². The summed E-state index contributed by atoms with van der Waals surface area (Å²) < 4.78 is 32.1. The molecule has 1 amide bonds. The number of unbranched alkanes of at least 4 members (excludes halogenated alkanes) is 11. The second kappa shape index (κ2) is 23.4. The summed E-state index contributed by atoms with van der Waals surface area (Å²) in [6.45, 7) is 9.68. The van der Waals surface area contributed by atoms with Gasteiger partial charge in [0.15, 0.2) is 23.0 Å². The van der Waals surface area contributed by atoms with E-state index in [0.717, 1.165) is 70.9 Å². The molecule has 7 nitrogen and oxygen atoms in total. The van der Waals surface area contributed by atoms with Crippen molar-refractivity contribution in [3.05, 3.63) is 48.5 Å². The van der Waals surface area contributed by atoms with Gasteiger partial charge in [-0.25, -0.2) is 0 Å². The maximum Gasteiger partial charge on any atom is 0.248 e. The van der Waals surface area contributed by atoms with E-state index in [1.165, 1.54) is 38.5 Å². The van der Waals surface area contributed by atoms with Crippen LogP contribution in [0.5, 0.6) is 23.0 Å². The molecule has 0 radical (unpaired) electrons. The van der Waals surface area contributed by atoms with Crippen LogP contribution in [0.2, 0.25) is 0 Å². The second-order valence-electron chi connectivity index (χ2n) is 13.0. The van der Waals surface area contributed by atoms with E-state index in [9.17, 15) is 4.79 Å². The molecule has 0 aliphatic carbocycles. The van der Waals surface area contributed by atoms with E-state index in [2.05, 4.69) is 20.8 Å². The van der Waals surface area contributed by atoms with Crippen LogP contribution in [0.3, 0.4) is 0 Å². The highest BCUT2D eigenvalue weighted by molar-refractivity contribution is 5.77. The fraction of sp³-hybridized carbons (Fsp3) is 0.675. The van der Waals surface area contributed by atoms with Crippen molar-refractivity contribution in [2.24, 2.45) is 0 Å². The molecular formula is C40H63NO6. The Labute approximate surface area is 285 Å². The molecule has 2 aromatic rings. The molecule has 0 bridgehead atoms. The molecule has 7 heteroatoms. The number of carbonyl (C=O) groups is 1. The predicted molar refractivity (Wildman–Crippen MR) is 191 cm³/mol. The average molecular weight is 654 g/mol. The lowest BCUT2D eigenvalue weighted by molar-refractivity contribution is -0.151. The highest BCUT2D eigenvalue weighted by Crippen LogP contribution is 2.33. The third kappa shape index (κ3) is 14.8. The van der Waals surface area contributed by atoms with E-state index < -0.39 is 5.60 Å². The Bertz CT molecular complexity index is 1040. The fourth-order valence-corrected chi connectivity index (χ4v) is 5.91. The van der Waals surface area contributed by atoms with Gasteiger partial charge in [0.2, 0.25) is 5.91 Å². The minimum Gasteiger partial charge on any atom is -0.490 e. The summed E-state index contributed by atoms with van der Waals surface area (Å²) in [7, 11) is 0. The van der Waals surface area contributed by atoms with Gasteiger partial charge in [0, 0.05) is 19.5 Å². The van der Waals surface area contributed by atoms with Crippen LogP contribution in [0.25, 0.3) is 0 Å². The van der Waals surface area contributed by atoms with E-state index in [4.69, 9.17) is 23.7 Å². The van der Waals surface area contributed by atoms with Gasteiger partial charge in [-0.1, -0.05) is 122 Å². The third-order valence-electron chi connectivity index (χ3n) is 8.89. The van der Waals surface area contributed by atoms with Gasteiger partial charge in [-0.2, -0.15) is 0 Å². The zero-order valence-electron chi connectivity index (χ0n) is 29.8. The summed E-state index contributed by atoms with van der Waals surface area (Å²) in [5.41, 5.74) is -0.847. The lowest BCUT2D eigenvalue weighted by atomic mass is 9.96. The topological polar surface area (TPSA) is 66.5 Å². The molecule has 1 aliphatic rings. The van der Waals surface area contributed by atoms with E-state index in [0.29, 0.717) is 42.6 Å². The number of nitrogens with zero attached hydrogens (tertiary/aromatic N) is 1. The maximum absolute atomic E-state index is 13.8. The maximum atomic E-state index is 13.8. The molecule has 0 saturated carbocycles. The highest BCUT2D eigenvalue weighted by atomic mass is 16.6. The van der Waals surface area contributed by atoms with Crippen LogP contribution >= 0.6 is 0 Å². The zero-order valence-corrected chi connectivity index (χ0v) is 29.8. The van der Waals surface area contributed by atoms with Crippen molar-refractivity contribution < 1.29 is 28.5 Å². The van der Waals surface area contributed by atoms with Crippen LogP contribution in [-0.2, 0) is 9.53 Å². The third-order valence-corrected chi connectivity index (χ3v) is 8.89. The smallest absolute Gasteiger partial charge is 0.248 e. The minimum atomic E-state index is -0.847. The standard InChI is InChI=1S/C40H63NO6/c1-4-7-10-11-12-13-14-19-27-40(47-32-39(42)41(28-20-8-5-2)29-21-9-6-3)33-45-37-25-17-15-23-35(37)43-30-22-31-44-36-24-16-18-26-38(36)46-34-40/h15-18,23-26H,4-14,19-22,27-34H2,1-3H3. The van der Waals surface area contributed by atoms with Crippen molar-refractivity contribution in [1.82, 2.24) is 4.90 Å². The van der Waals surface area contributed by atoms with Crippen LogP contribution in [0.15, 0.2) is 48.5 Å². The van der Waals surface area contributed by atoms with Crippen LogP contribution < -0.4 is 18.9 Å². The number of para-hydroxylation sites is 4. The van der Waals surface area contributed by atoms with Crippen molar-refractivity contribution in [3.63, 3.8) is 0 Å². The first-order valence-electron chi connectivity index (χ1n) is 18.7. The molecule has 0 aromatic heterocycles. The van der Waals surface area contributed by atoms with Crippen LogP contribution in [-0.4, -0.2) is 62.5 Å².